The van der Waals surface area contributed by atoms with E-state index in [9.17, 15) is 17.6 Å². The smallest absolute Gasteiger partial charge is 0.194 e. The van der Waals surface area contributed by atoms with Crippen LogP contribution in [0.1, 0.15) is 0 Å². The highest BCUT2D eigenvalue weighted by Crippen LogP contribution is 2.31. The maximum absolute atomic E-state index is 13.2. The van der Waals surface area contributed by atoms with Gasteiger partial charge in [0.25, 0.3) is 0 Å². The number of rotatable bonds is 1. The first-order valence-corrected chi connectivity index (χ1v) is 4.97. The summed E-state index contributed by atoms with van der Waals surface area (Å²) in [6.07, 6.45) is 0. The molecule has 2 aromatic carbocycles. The fourth-order valence-electron chi connectivity index (χ4n) is 1.44. The molecule has 0 saturated heterocycles. The van der Waals surface area contributed by atoms with E-state index in [4.69, 9.17) is 11.6 Å². The highest BCUT2D eigenvalue weighted by Gasteiger charge is 2.14. The van der Waals surface area contributed by atoms with Gasteiger partial charge in [0.1, 0.15) is 5.82 Å². The van der Waals surface area contributed by atoms with Crippen molar-refractivity contribution >= 4 is 11.6 Å². The predicted octanol–water partition coefficient (Wildman–Crippen LogP) is 4.56. The highest BCUT2D eigenvalue weighted by molar-refractivity contribution is 6.33. The van der Waals surface area contributed by atoms with Gasteiger partial charge >= 0.3 is 0 Å². The SMILES string of the molecule is Fc1cc(-c2cccc(F)c2Cl)cc(F)c1F. The molecular weight excluding hydrogens is 256 g/mol. The second-order valence-corrected chi connectivity index (χ2v) is 3.73. The van der Waals surface area contributed by atoms with Crippen LogP contribution in [0.3, 0.4) is 0 Å². The molecular formula is C12H5ClF4. The van der Waals surface area contributed by atoms with Crippen LogP contribution in [0.5, 0.6) is 0 Å². The summed E-state index contributed by atoms with van der Waals surface area (Å²) in [5.41, 5.74) is 0.0790. The average Bonchev–Trinajstić information content (AvgIpc) is 2.29. The molecule has 0 radical (unpaired) electrons. The molecule has 88 valence electrons. The number of benzene rings is 2. The molecule has 0 aliphatic heterocycles. The summed E-state index contributed by atoms with van der Waals surface area (Å²) in [6, 6.07) is 5.37. The zero-order valence-electron chi connectivity index (χ0n) is 8.28. The van der Waals surface area contributed by atoms with Crippen molar-refractivity contribution in [2.45, 2.75) is 0 Å². The van der Waals surface area contributed by atoms with Crippen LogP contribution in [0.4, 0.5) is 17.6 Å². The van der Waals surface area contributed by atoms with Gasteiger partial charge in [0.05, 0.1) is 5.02 Å². The maximum Gasteiger partial charge on any atom is 0.194 e. The van der Waals surface area contributed by atoms with Crippen LogP contribution >= 0.6 is 11.6 Å². The molecule has 2 aromatic rings. The van der Waals surface area contributed by atoms with Gasteiger partial charge in [-0.05, 0) is 23.8 Å². The second kappa shape index (κ2) is 4.37. The summed E-state index contributed by atoms with van der Waals surface area (Å²) in [5.74, 6) is -4.98. The lowest BCUT2D eigenvalue weighted by Crippen LogP contribution is -1.92. The quantitative estimate of drug-likeness (QED) is 0.521. The summed E-state index contributed by atoms with van der Waals surface area (Å²) in [6.45, 7) is 0. The van der Waals surface area contributed by atoms with Crippen molar-refractivity contribution in [3.8, 4) is 11.1 Å². The van der Waals surface area contributed by atoms with Gasteiger partial charge in [-0.25, -0.2) is 17.6 Å². The summed E-state index contributed by atoms with van der Waals surface area (Å²) in [5, 5.41) is -0.266. The minimum absolute atomic E-state index is 0.0223. The van der Waals surface area contributed by atoms with E-state index in [0.29, 0.717) is 0 Å². The Labute approximate surface area is 99.5 Å². The predicted molar refractivity (Wildman–Crippen MR) is 56.7 cm³/mol. The molecule has 0 nitrogen and oxygen atoms in total. The summed E-state index contributed by atoms with van der Waals surface area (Å²) in [7, 11) is 0. The van der Waals surface area contributed by atoms with Crippen LogP contribution in [0.2, 0.25) is 5.02 Å². The van der Waals surface area contributed by atoms with Gasteiger partial charge in [-0.1, -0.05) is 23.7 Å². The lowest BCUT2D eigenvalue weighted by molar-refractivity contribution is 0.447. The molecule has 0 saturated carbocycles. The highest BCUT2D eigenvalue weighted by atomic mass is 35.5. The van der Waals surface area contributed by atoms with Crippen molar-refractivity contribution in [3.05, 3.63) is 58.6 Å². The van der Waals surface area contributed by atoms with Crippen LogP contribution in [-0.2, 0) is 0 Å². The van der Waals surface area contributed by atoms with Crippen LogP contribution in [-0.4, -0.2) is 0 Å². The Morgan fingerprint density at radius 2 is 1.41 bits per heavy atom. The molecule has 0 N–H and O–H groups in total. The molecule has 0 atom stereocenters. The third-order valence-corrected chi connectivity index (χ3v) is 2.63. The molecule has 0 bridgehead atoms. The first kappa shape index (κ1) is 11.9. The van der Waals surface area contributed by atoms with E-state index in [2.05, 4.69) is 0 Å². The third-order valence-electron chi connectivity index (χ3n) is 2.25. The zero-order chi connectivity index (χ0) is 12.6. The van der Waals surface area contributed by atoms with E-state index in [1.165, 1.54) is 12.1 Å². The van der Waals surface area contributed by atoms with Crippen molar-refractivity contribution < 1.29 is 17.6 Å². The topological polar surface area (TPSA) is 0 Å². The Kier molecular flexibility index (Phi) is 3.07. The van der Waals surface area contributed by atoms with E-state index in [-0.39, 0.29) is 16.1 Å². The minimum Gasteiger partial charge on any atom is -0.205 e. The molecule has 5 heteroatoms. The number of hydrogen-bond donors (Lipinski definition) is 0. The molecule has 2 rings (SSSR count). The first-order chi connectivity index (χ1) is 8.00. The summed E-state index contributed by atoms with van der Waals surface area (Å²) in [4.78, 5) is 0. The van der Waals surface area contributed by atoms with E-state index in [1.54, 1.807) is 0 Å². The molecule has 0 aromatic heterocycles. The van der Waals surface area contributed by atoms with E-state index >= 15 is 0 Å². The Bertz CT molecular complexity index is 558. The first-order valence-electron chi connectivity index (χ1n) is 4.59. The molecule has 17 heavy (non-hydrogen) atoms. The molecule has 0 spiro atoms. The van der Waals surface area contributed by atoms with E-state index < -0.39 is 23.3 Å². The monoisotopic (exact) mass is 260 g/mol. The van der Waals surface area contributed by atoms with Gasteiger partial charge in [-0.3, -0.25) is 0 Å². The molecule has 0 heterocycles. The van der Waals surface area contributed by atoms with E-state index in [1.807, 2.05) is 0 Å². The van der Waals surface area contributed by atoms with Crippen LogP contribution in [0.15, 0.2) is 30.3 Å². The second-order valence-electron chi connectivity index (χ2n) is 3.36. The Hall–Kier alpha value is -1.55. The third kappa shape index (κ3) is 2.13. The largest absolute Gasteiger partial charge is 0.205 e. The van der Waals surface area contributed by atoms with Gasteiger partial charge in [-0.15, -0.1) is 0 Å². The normalized spacial score (nSPS) is 10.6. The molecule has 0 unspecified atom stereocenters. The molecule has 0 fully saturated rings. The van der Waals surface area contributed by atoms with Crippen molar-refractivity contribution in [2.75, 3.05) is 0 Å². The molecule has 0 aliphatic rings. The molecule has 0 amide bonds. The summed E-state index contributed by atoms with van der Waals surface area (Å²) >= 11 is 5.66. The number of hydrogen-bond acceptors (Lipinski definition) is 0. The van der Waals surface area contributed by atoms with Gasteiger partial charge in [0, 0.05) is 5.56 Å². The van der Waals surface area contributed by atoms with Crippen molar-refractivity contribution in [1.29, 1.82) is 0 Å². The fourth-order valence-corrected chi connectivity index (χ4v) is 1.67. The van der Waals surface area contributed by atoms with Gasteiger partial charge in [0.15, 0.2) is 17.5 Å². The summed E-state index contributed by atoms with van der Waals surface area (Å²) < 4.78 is 51.9. The Morgan fingerprint density at radius 3 is 2.00 bits per heavy atom. The maximum atomic E-state index is 13.2. The van der Waals surface area contributed by atoms with Gasteiger partial charge in [0.2, 0.25) is 0 Å². The van der Waals surface area contributed by atoms with Crippen molar-refractivity contribution in [1.82, 2.24) is 0 Å². The van der Waals surface area contributed by atoms with Gasteiger partial charge in [-0.2, -0.15) is 0 Å². The molecule has 0 aliphatic carbocycles. The van der Waals surface area contributed by atoms with Crippen LogP contribution < -0.4 is 0 Å². The van der Waals surface area contributed by atoms with Crippen LogP contribution in [0.25, 0.3) is 11.1 Å². The van der Waals surface area contributed by atoms with Gasteiger partial charge < -0.3 is 0 Å². The standard InChI is InChI=1S/C12H5ClF4/c13-11-7(2-1-3-8(11)14)6-4-9(15)12(17)10(16)5-6/h1-5H. The average molecular weight is 261 g/mol. The fraction of sp³-hybridized carbons (Fsp3) is 0. The van der Waals surface area contributed by atoms with E-state index in [0.717, 1.165) is 18.2 Å². The Morgan fingerprint density at radius 1 is 0.824 bits per heavy atom. The zero-order valence-corrected chi connectivity index (χ0v) is 9.03. The van der Waals surface area contributed by atoms with Crippen molar-refractivity contribution in [2.24, 2.45) is 0 Å². The lowest BCUT2D eigenvalue weighted by Gasteiger charge is -2.06. The minimum atomic E-state index is -1.57. The lowest BCUT2D eigenvalue weighted by atomic mass is 10.0. The van der Waals surface area contributed by atoms with Crippen LogP contribution in [0, 0.1) is 23.3 Å². The van der Waals surface area contributed by atoms with Crippen molar-refractivity contribution in [3.63, 3.8) is 0 Å². The number of halogens is 5. The Balaban J connectivity index is 2.65.